The molecule has 0 saturated carbocycles. The van der Waals surface area contributed by atoms with E-state index in [1.807, 2.05) is 0 Å². The molecule has 0 spiro atoms. The van der Waals surface area contributed by atoms with Gasteiger partial charge in [-0.05, 0) is 25.0 Å². The average Bonchev–Trinajstić information content (AvgIpc) is 3.14. The van der Waals surface area contributed by atoms with Gasteiger partial charge in [0.05, 0.1) is 23.9 Å². The Morgan fingerprint density at radius 2 is 1.70 bits per heavy atom. The molecule has 1 atom stereocenters. The van der Waals surface area contributed by atoms with Crippen LogP contribution in [0.1, 0.15) is 45.3 Å². The Balaban J connectivity index is 1.51. The Hall–Kier alpha value is -2.79. The molecule has 2 aliphatic heterocycles. The average molecular weight is 433 g/mol. The zero-order valence-corrected chi connectivity index (χ0v) is 17.6. The van der Waals surface area contributed by atoms with Gasteiger partial charge in [-0.1, -0.05) is 12.1 Å². The number of carbonyl (C=O) groups is 2. The summed E-state index contributed by atoms with van der Waals surface area (Å²) < 4.78 is 27.8. The fourth-order valence-electron chi connectivity index (χ4n) is 4.10. The summed E-state index contributed by atoms with van der Waals surface area (Å²) in [6, 6.07) is 6.62. The number of rotatable bonds is 5. The molecule has 0 radical (unpaired) electrons. The Bertz CT molecular complexity index is 1150. The number of amides is 2. The molecule has 3 heterocycles. The van der Waals surface area contributed by atoms with E-state index in [4.69, 9.17) is 0 Å². The van der Waals surface area contributed by atoms with E-state index in [9.17, 15) is 22.8 Å². The van der Waals surface area contributed by atoms with Crippen LogP contribution in [-0.2, 0) is 23.6 Å². The summed E-state index contributed by atoms with van der Waals surface area (Å²) in [5.74, 6) is -0.436. The van der Waals surface area contributed by atoms with Gasteiger partial charge in [-0.3, -0.25) is 19.1 Å². The number of hydrogen-bond acceptors (Lipinski definition) is 6. The van der Waals surface area contributed by atoms with Crippen molar-refractivity contribution in [2.45, 2.75) is 25.3 Å². The number of imide groups is 1. The summed E-state index contributed by atoms with van der Waals surface area (Å²) >= 11 is 0. The van der Waals surface area contributed by atoms with Crippen LogP contribution in [0.25, 0.3) is 0 Å². The highest BCUT2D eigenvalue weighted by Crippen LogP contribution is 2.26. The van der Waals surface area contributed by atoms with E-state index in [0.717, 1.165) is 11.3 Å². The maximum atomic E-state index is 12.6. The first-order valence-electron chi connectivity index (χ1n) is 9.72. The zero-order valence-electron chi connectivity index (χ0n) is 16.8. The molecular formula is C19H23N5O5S. The Kier molecular flexibility index (Phi) is 5.10. The van der Waals surface area contributed by atoms with E-state index in [0.29, 0.717) is 29.9 Å². The molecule has 160 valence electrons. The van der Waals surface area contributed by atoms with Gasteiger partial charge in [-0.15, -0.1) is 0 Å². The van der Waals surface area contributed by atoms with Crippen molar-refractivity contribution in [2.24, 2.45) is 7.05 Å². The largest absolute Gasteiger partial charge is 0.345 e. The quantitative estimate of drug-likeness (QED) is 0.614. The fraction of sp³-hybridized carbons (Fsp3) is 0.474. The van der Waals surface area contributed by atoms with Gasteiger partial charge in [0.15, 0.2) is 0 Å². The normalized spacial score (nSPS) is 20.1. The van der Waals surface area contributed by atoms with Crippen LogP contribution < -0.4 is 5.69 Å². The lowest BCUT2D eigenvalue weighted by atomic mass is 9.99. The molecular weight excluding hydrogens is 410 g/mol. The third-order valence-corrected chi connectivity index (χ3v) is 6.98. The van der Waals surface area contributed by atoms with E-state index in [2.05, 4.69) is 5.10 Å². The molecule has 1 fully saturated rings. The smallest absolute Gasteiger partial charge is 0.282 e. The number of piperidine rings is 1. The summed E-state index contributed by atoms with van der Waals surface area (Å²) in [6.45, 7) is 0.842. The maximum Gasteiger partial charge on any atom is 0.345 e. The van der Waals surface area contributed by atoms with Crippen molar-refractivity contribution >= 4 is 21.8 Å². The number of aromatic nitrogens is 3. The second kappa shape index (κ2) is 7.47. The minimum atomic E-state index is -3.31. The van der Waals surface area contributed by atoms with Crippen molar-refractivity contribution in [2.75, 3.05) is 25.9 Å². The molecule has 4 rings (SSSR count). The number of benzene rings is 1. The van der Waals surface area contributed by atoms with E-state index in [-0.39, 0.29) is 43.1 Å². The van der Waals surface area contributed by atoms with Crippen LogP contribution in [0.4, 0.5) is 0 Å². The highest BCUT2D eigenvalue weighted by Gasteiger charge is 2.35. The first-order chi connectivity index (χ1) is 14.2. The zero-order chi connectivity index (χ0) is 21.6. The van der Waals surface area contributed by atoms with Crippen molar-refractivity contribution in [3.8, 4) is 0 Å². The first kappa shape index (κ1) is 20.5. The summed E-state index contributed by atoms with van der Waals surface area (Å²) in [5, 5.41) is 4.41. The van der Waals surface area contributed by atoms with E-state index in [1.54, 1.807) is 31.3 Å². The van der Waals surface area contributed by atoms with Crippen LogP contribution in [0, 0.1) is 0 Å². The molecule has 10 nitrogen and oxygen atoms in total. The van der Waals surface area contributed by atoms with Crippen molar-refractivity contribution in [3.63, 3.8) is 0 Å². The number of sulfonamides is 1. The molecule has 2 aliphatic rings. The monoisotopic (exact) mass is 433 g/mol. The Morgan fingerprint density at radius 1 is 1.07 bits per heavy atom. The molecule has 1 unspecified atom stereocenters. The number of fused-ring (bicyclic) bond motifs is 1. The molecule has 1 saturated heterocycles. The highest BCUT2D eigenvalue weighted by molar-refractivity contribution is 7.88. The minimum Gasteiger partial charge on any atom is -0.282 e. The van der Waals surface area contributed by atoms with Gasteiger partial charge in [0.25, 0.3) is 11.8 Å². The molecule has 1 aromatic heterocycles. The lowest BCUT2D eigenvalue weighted by Crippen LogP contribution is -2.39. The van der Waals surface area contributed by atoms with E-state index < -0.39 is 10.0 Å². The molecule has 11 heteroatoms. The van der Waals surface area contributed by atoms with Crippen molar-refractivity contribution < 1.29 is 18.0 Å². The Morgan fingerprint density at radius 3 is 2.30 bits per heavy atom. The van der Waals surface area contributed by atoms with Gasteiger partial charge in [0, 0.05) is 32.6 Å². The van der Waals surface area contributed by atoms with Crippen molar-refractivity contribution in [1.29, 1.82) is 0 Å². The molecule has 30 heavy (non-hydrogen) atoms. The molecule has 1 aromatic carbocycles. The number of carbonyl (C=O) groups excluding carboxylic acids is 2. The Labute approximate surface area is 173 Å². The predicted molar refractivity (Wildman–Crippen MR) is 108 cm³/mol. The van der Waals surface area contributed by atoms with Gasteiger partial charge in [0.1, 0.15) is 5.82 Å². The molecule has 0 aliphatic carbocycles. The van der Waals surface area contributed by atoms with Crippen molar-refractivity contribution in [1.82, 2.24) is 23.6 Å². The van der Waals surface area contributed by atoms with Gasteiger partial charge in [-0.25, -0.2) is 22.2 Å². The summed E-state index contributed by atoms with van der Waals surface area (Å²) in [4.78, 5) is 38.7. The predicted octanol–water partition coefficient (Wildman–Crippen LogP) is 0.0170. The third kappa shape index (κ3) is 3.47. The number of hydrogen-bond donors (Lipinski definition) is 0. The van der Waals surface area contributed by atoms with Crippen LogP contribution >= 0.6 is 0 Å². The highest BCUT2D eigenvalue weighted by atomic mass is 32.2. The van der Waals surface area contributed by atoms with Gasteiger partial charge in [-0.2, -0.15) is 5.10 Å². The fourth-order valence-corrected chi connectivity index (χ4v) is 5.01. The van der Waals surface area contributed by atoms with Gasteiger partial charge < -0.3 is 0 Å². The van der Waals surface area contributed by atoms with Crippen LogP contribution in [-0.4, -0.2) is 69.7 Å². The number of nitrogens with zero attached hydrogens (tertiary/aromatic N) is 5. The second-order valence-electron chi connectivity index (χ2n) is 7.69. The molecule has 2 aromatic rings. The third-order valence-electron chi connectivity index (χ3n) is 5.71. The van der Waals surface area contributed by atoms with Crippen LogP contribution in [0.15, 0.2) is 29.1 Å². The summed E-state index contributed by atoms with van der Waals surface area (Å²) in [5.41, 5.74) is 0.359. The van der Waals surface area contributed by atoms with Crippen LogP contribution in [0.3, 0.4) is 0 Å². The minimum absolute atomic E-state index is 0.0306. The molecule has 0 bridgehead atoms. The molecule has 0 N–H and O–H groups in total. The van der Waals surface area contributed by atoms with Crippen LogP contribution in [0.5, 0.6) is 0 Å². The summed E-state index contributed by atoms with van der Waals surface area (Å²) in [7, 11) is -1.71. The van der Waals surface area contributed by atoms with Crippen molar-refractivity contribution in [3.05, 3.63) is 51.7 Å². The lowest BCUT2D eigenvalue weighted by molar-refractivity contribution is 0.0647. The first-order valence-corrected chi connectivity index (χ1v) is 11.6. The van der Waals surface area contributed by atoms with E-state index >= 15 is 0 Å². The second-order valence-corrected chi connectivity index (χ2v) is 9.67. The SMILES string of the molecule is Cn1c(C2CCCN(S(C)(=O)=O)C2)nn(CCN2C(=O)c3ccccc3C2=O)c1=O. The van der Waals surface area contributed by atoms with Crippen LogP contribution in [0.2, 0.25) is 0 Å². The van der Waals surface area contributed by atoms with Gasteiger partial charge >= 0.3 is 5.69 Å². The standard InChI is InChI=1S/C19H23N5O5S/c1-21-16(13-6-5-9-22(12-13)30(2,28)29)20-24(19(21)27)11-10-23-17(25)14-7-3-4-8-15(14)18(23)26/h3-4,7-8,13H,5-6,9-12H2,1-2H3. The topological polar surface area (TPSA) is 115 Å². The summed E-state index contributed by atoms with van der Waals surface area (Å²) in [6.07, 6.45) is 2.59. The maximum absolute atomic E-state index is 12.6. The molecule has 2 amide bonds. The van der Waals surface area contributed by atoms with Gasteiger partial charge in [0.2, 0.25) is 10.0 Å². The van der Waals surface area contributed by atoms with E-state index in [1.165, 1.54) is 19.8 Å². The lowest BCUT2D eigenvalue weighted by Gasteiger charge is -2.30.